The van der Waals surface area contributed by atoms with Gasteiger partial charge in [0, 0.05) is 7.05 Å². The van der Waals surface area contributed by atoms with E-state index in [4.69, 9.17) is 15.3 Å². The van der Waals surface area contributed by atoms with Gasteiger partial charge in [0.05, 0.1) is 5.70 Å². The number of ether oxygens (including phenoxy) is 1. The number of nitrogens with one attached hydrogen (secondary N) is 2. The van der Waals surface area contributed by atoms with Crippen molar-refractivity contribution in [1.82, 2.24) is 5.32 Å². The van der Waals surface area contributed by atoms with E-state index in [1.165, 1.54) is 6.92 Å². The second-order valence-corrected chi connectivity index (χ2v) is 4.53. The van der Waals surface area contributed by atoms with E-state index >= 15 is 0 Å². The van der Waals surface area contributed by atoms with E-state index in [0.29, 0.717) is 10.2 Å². The number of rotatable bonds is 5. The molecule has 0 aromatic heterocycles. The van der Waals surface area contributed by atoms with Crippen molar-refractivity contribution >= 4 is 33.5 Å². The van der Waals surface area contributed by atoms with Crippen molar-refractivity contribution in [2.45, 2.75) is 13.0 Å². The van der Waals surface area contributed by atoms with Crippen LogP contribution in [0.2, 0.25) is 0 Å². The summed E-state index contributed by atoms with van der Waals surface area (Å²) in [5.41, 5.74) is 1.52. The lowest BCUT2D eigenvalue weighted by Gasteiger charge is -2.14. The summed E-state index contributed by atoms with van der Waals surface area (Å²) < 4.78 is 5.39. The maximum absolute atomic E-state index is 10.7. The number of carbonyl (C=O) groups is 1. The number of carboxylic acids is 1. The van der Waals surface area contributed by atoms with Gasteiger partial charge in [0.1, 0.15) is 4.48 Å². The fourth-order valence-corrected chi connectivity index (χ4v) is 1.90. The van der Waals surface area contributed by atoms with Gasteiger partial charge in [-0.15, -0.1) is 0 Å². The lowest BCUT2D eigenvalue weighted by molar-refractivity contribution is -0.144. The van der Waals surface area contributed by atoms with Gasteiger partial charge < -0.3 is 15.2 Å². The van der Waals surface area contributed by atoms with Crippen LogP contribution < -0.4 is 5.32 Å². The summed E-state index contributed by atoms with van der Waals surface area (Å²) in [6.07, 6.45) is -1.08. The van der Waals surface area contributed by atoms with E-state index in [1.54, 1.807) is 7.05 Å². The lowest BCUT2D eigenvalue weighted by atomic mass is 10.1. The number of hydrogen-bond donors (Lipinski definition) is 3. The second-order valence-electron chi connectivity index (χ2n) is 3.73. The topological polar surface area (TPSA) is 82.4 Å². The van der Waals surface area contributed by atoms with Crippen LogP contribution in [-0.2, 0) is 9.53 Å². The molecule has 0 fully saturated rings. The van der Waals surface area contributed by atoms with Gasteiger partial charge in [-0.25, -0.2) is 4.79 Å². The molecule has 1 aromatic carbocycles. The fourth-order valence-electron chi connectivity index (χ4n) is 1.38. The average Bonchev–Trinajstić information content (AvgIpc) is 2.40. The highest BCUT2D eigenvalue weighted by Crippen LogP contribution is 2.21. The predicted molar refractivity (Wildman–Crippen MR) is 77.3 cm³/mol. The zero-order valence-electron chi connectivity index (χ0n) is 10.6. The lowest BCUT2D eigenvalue weighted by Crippen LogP contribution is -2.24. The van der Waals surface area contributed by atoms with E-state index < -0.39 is 12.1 Å². The molecule has 0 saturated carbocycles. The monoisotopic (exact) mass is 326 g/mol. The van der Waals surface area contributed by atoms with Crippen molar-refractivity contribution in [1.29, 1.82) is 5.41 Å². The van der Waals surface area contributed by atoms with Crippen molar-refractivity contribution in [2.75, 3.05) is 7.05 Å². The number of halogens is 1. The Morgan fingerprint density at radius 2 is 2.00 bits per heavy atom. The van der Waals surface area contributed by atoms with Gasteiger partial charge in [-0.1, -0.05) is 30.3 Å². The molecule has 0 aliphatic heterocycles. The molecule has 0 amide bonds. The van der Waals surface area contributed by atoms with Gasteiger partial charge in [-0.05, 0) is 28.4 Å². The van der Waals surface area contributed by atoms with Crippen molar-refractivity contribution in [3.63, 3.8) is 0 Å². The SMILES string of the molecule is CN/C(=C(/Br)C(=N)OC(C)C(=O)O)c1ccccc1. The summed E-state index contributed by atoms with van der Waals surface area (Å²) in [4.78, 5) is 10.7. The first-order chi connectivity index (χ1) is 8.97. The first-order valence-corrected chi connectivity index (χ1v) is 6.38. The fraction of sp³-hybridized carbons (Fsp3) is 0.231. The summed E-state index contributed by atoms with van der Waals surface area (Å²) in [5, 5.41) is 19.5. The second kappa shape index (κ2) is 6.94. The van der Waals surface area contributed by atoms with Gasteiger partial charge in [0.25, 0.3) is 0 Å². The van der Waals surface area contributed by atoms with Gasteiger partial charge >= 0.3 is 5.97 Å². The molecule has 0 spiro atoms. The normalized spacial score (nSPS) is 13.2. The minimum atomic E-state index is -1.12. The first-order valence-electron chi connectivity index (χ1n) is 5.58. The Morgan fingerprint density at radius 1 is 1.42 bits per heavy atom. The number of benzene rings is 1. The Kier molecular flexibility index (Phi) is 5.57. The predicted octanol–water partition coefficient (Wildman–Crippen LogP) is 2.44. The third-order valence-electron chi connectivity index (χ3n) is 2.37. The van der Waals surface area contributed by atoms with Crippen LogP contribution in [0.4, 0.5) is 0 Å². The third-order valence-corrected chi connectivity index (χ3v) is 3.13. The molecule has 1 rings (SSSR count). The smallest absolute Gasteiger partial charge is 0.344 e. The van der Waals surface area contributed by atoms with Crippen molar-refractivity contribution < 1.29 is 14.6 Å². The molecule has 3 N–H and O–H groups in total. The highest BCUT2D eigenvalue weighted by atomic mass is 79.9. The van der Waals surface area contributed by atoms with Crippen LogP contribution >= 0.6 is 15.9 Å². The van der Waals surface area contributed by atoms with Crippen LogP contribution in [0.5, 0.6) is 0 Å². The van der Waals surface area contributed by atoms with Gasteiger partial charge in [-0.2, -0.15) is 0 Å². The van der Waals surface area contributed by atoms with Crippen LogP contribution in [0, 0.1) is 5.41 Å². The molecule has 0 aliphatic carbocycles. The Bertz CT molecular complexity index is 500. The van der Waals surface area contributed by atoms with Crippen LogP contribution in [0.15, 0.2) is 34.8 Å². The zero-order valence-corrected chi connectivity index (χ0v) is 12.2. The third kappa shape index (κ3) is 4.10. The summed E-state index contributed by atoms with van der Waals surface area (Å²) in [7, 11) is 1.72. The largest absolute Gasteiger partial charge is 0.479 e. The molecule has 1 atom stereocenters. The maximum atomic E-state index is 10.7. The molecule has 0 heterocycles. The highest BCUT2D eigenvalue weighted by Gasteiger charge is 2.18. The van der Waals surface area contributed by atoms with E-state index in [2.05, 4.69) is 21.2 Å². The van der Waals surface area contributed by atoms with Gasteiger partial charge in [-0.3, -0.25) is 5.41 Å². The molecule has 5 nitrogen and oxygen atoms in total. The molecule has 19 heavy (non-hydrogen) atoms. The van der Waals surface area contributed by atoms with Crippen LogP contribution in [0.3, 0.4) is 0 Å². The van der Waals surface area contributed by atoms with E-state index in [0.717, 1.165) is 5.56 Å². The summed E-state index contributed by atoms with van der Waals surface area (Å²) in [6, 6.07) is 9.38. The first kappa shape index (κ1) is 15.2. The Balaban J connectivity index is 2.99. The summed E-state index contributed by atoms with van der Waals surface area (Å²) >= 11 is 3.26. The standard InChI is InChI=1S/C13H15BrN2O3/c1-8(13(17)18)19-12(15)10(14)11(16-2)9-6-4-3-5-7-9/h3-8,15-16H,1-2H3,(H,17,18)/b11-10+,15-12?. The summed E-state index contributed by atoms with van der Waals surface area (Å²) in [5.74, 6) is -1.35. The molecule has 1 aromatic rings. The van der Waals surface area contributed by atoms with E-state index in [1.807, 2.05) is 30.3 Å². The molecule has 0 saturated heterocycles. The van der Waals surface area contributed by atoms with Gasteiger partial charge in [0.15, 0.2) is 6.10 Å². The molecular formula is C13H15BrN2O3. The minimum Gasteiger partial charge on any atom is -0.479 e. The quantitative estimate of drug-likeness (QED) is 0.573. The Hall–Kier alpha value is -1.82. The molecule has 0 bridgehead atoms. The minimum absolute atomic E-state index is 0.233. The van der Waals surface area contributed by atoms with E-state index in [-0.39, 0.29) is 5.90 Å². The maximum Gasteiger partial charge on any atom is 0.344 e. The van der Waals surface area contributed by atoms with Gasteiger partial charge in [0.2, 0.25) is 5.90 Å². The van der Waals surface area contributed by atoms with Crippen LogP contribution in [-0.4, -0.2) is 30.1 Å². The highest BCUT2D eigenvalue weighted by molar-refractivity contribution is 9.12. The van der Waals surface area contributed by atoms with Crippen molar-refractivity contribution in [3.05, 3.63) is 40.4 Å². The Labute approximate surface area is 119 Å². The Morgan fingerprint density at radius 3 is 2.47 bits per heavy atom. The number of aliphatic carboxylic acids is 1. The van der Waals surface area contributed by atoms with Crippen molar-refractivity contribution in [3.8, 4) is 0 Å². The molecule has 102 valence electrons. The zero-order chi connectivity index (χ0) is 14.4. The molecular weight excluding hydrogens is 312 g/mol. The molecule has 6 heteroatoms. The van der Waals surface area contributed by atoms with Crippen LogP contribution in [0.25, 0.3) is 5.70 Å². The molecule has 1 unspecified atom stereocenters. The van der Waals surface area contributed by atoms with E-state index in [9.17, 15) is 4.79 Å². The van der Waals surface area contributed by atoms with Crippen LogP contribution in [0.1, 0.15) is 12.5 Å². The average molecular weight is 327 g/mol. The number of hydrogen-bond acceptors (Lipinski definition) is 4. The molecule has 0 radical (unpaired) electrons. The number of carboxylic acid groups (broad SMARTS) is 1. The summed E-state index contributed by atoms with van der Waals surface area (Å²) in [6.45, 7) is 1.37. The molecule has 0 aliphatic rings. The van der Waals surface area contributed by atoms with Crippen molar-refractivity contribution in [2.24, 2.45) is 0 Å².